The molecule has 2 fully saturated rings. The summed E-state index contributed by atoms with van der Waals surface area (Å²) in [6, 6.07) is 5.93. The van der Waals surface area contributed by atoms with Gasteiger partial charge in [0.2, 0.25) is 0 Å². The van der Waals surface area contributed by atoms with Crippen molar-refractivity contribution in [1.29, 1.82) is 0 Å². The first-order valence-electron chi connectivity index (χ1n) is 7.89. The van der Waals surface area contributed by atoms with Crippen molar-refractivity contribution in [3.63, 3.8) is 0 Å². The van der Waals surface area contributed by atoms with Gasteiger partial charge in [0, 0.05) is 48.9 Å². The third-order valence-electron chi connectivity index (χ3n) is 4.76. The zero-order chi connectivity index (χ0) is 17.6. The van der Waals surface area contributed by atoms with Gasteiger partial charge >= 0.3 is 6.09 Å². The number of nitrogens with zero attached hydrogens (tertiary/aromatic N) is 3. The number of carbonyl (C=O) groups is 2. The Kier molecular flexibility index (Phi) is 3.60. The topological polar surface area (TPSA) is 95.4 Å². The van der Waals surface area contributed by atoms with E-state index in [-0.39, 0.29) is 29.6 Å². The molecule has 3 atom stereocenters. The predicted octanol–water partition coefficient (Wildman–Crippen LogP) is 1.62. The van der Waals surface area contributed by atoms with E-state index in [0.29, 0.717) is 30.0 Å². The monoisotopic (exact) mass is 342 g/mol. The van der Waals surface area contributed by atoms with Crippen LogP contribution in [0.5, 0.6) is 0 Å². The Bertz CT molecular complexity index is 830. The van der Waals surface area contributed by atoms with Gasteiger partial charge in [0.05, 0.1) is 5.56 Å². The second kappa shape index (κ2) is 5.80. The zero-order valence-corrected chi connectivity index (χ0v) is 13.1. The number of hydrogen-bond acceptors (Lipinski definition) is 4. The maximum absolute atomic E-state index is 13.2. The molecule has 1 saturated carbocycles. The van der Waals surface area contributed by atoms with Crippen LogP contribution in [-0.2, 0) is 0 Å². The summed E-state index contributed by atoms with van der Waals surface area (Å²) in [6.07, 6.45) is 1.90. The summed E-state index contributed by atoms with van der Waals surface area (Å²) in [7, 11) is 0. The van der Waals surface area contributed by atoms with Crippen LogP contribution in [0, 0.1) is 17.7 Å². The van der Waals surface area contributed by atoms with Crippen LogP contribution in [0.2, 0.25) is 0 Å². The molecule has 2 aliphatic rings. The van der Waals surface area contributed by atoms with Crippen molar-refractivity contribution in [2.45, 2.75) is 6.04 Å². The van der Waals surface area contributed by atoms with Gasteiger partial charge in [-0.3, -0.25) is 4.79 Å². The summed E-state index contributed by atoms with van der Waals surface area (Å²) < 4.78 is 13.2. The first kappa shape index (κ1) is 15.5. The van der Waals surface area contributed by atoms with Crippen molar-refractivity contribution < 1.29 is 19.1 Å². The molecule has 1 aromatic carbocycles. The average molecular weight is 342 g/mol. The minimum atomic E-state index is -0.918. The first-order valence-corrected chi connectivity index (χ1v) is 7.89. The maximum atomic E-state index is 13.2. The van der Waals surface area contributed by atoms with Crippen LogP contribution < -0.4 is 5.32 Å². The molecule has 0 radical (unpaired) electrons. The first-order chi connectivity index (χ1) is 12.0. The molecule has 0 bridgehead atoms. The standard InChI is InChI=1S/C17H15FN4O3/c18-11-3-1-2-9(4-11)15-19-5-10(6-20-15)16(23)21-14-12-7-22(17(24)25)8-13(12)14/h1-6,12-14H,7-8H2,(H,21,23)(H,24,25)/t12-,13+,14?. The van der Waals surface area contributed by atoms with Crippen LogP contribution in [0.3, 0.4) is 0 Å². The number of amides is 2. The molecular formula is C17H15FN4O3. The number of piperidine rings is 1. The second-order valence-electron chi connectivity index (χ2n) is 6.32. The third-order valence-corrected chi connectivity index (χ3v) is 4.76. The lowest BCUT2D eigenvalue weighted by molar-refractivity contribution is 0.0942. The van der Waals surface area contributed by atoms with Gasteiger partial charge in [-0.15, -0.1) is 0 Å². The SMILES string of the molecule is O=C(NC1[C@H]2CN(C(=O)O)C[C@@H]12)c1cnc(-c2cccc(F)c2)nc1. The summed E-state index contributed by atoms with van der Waals surface area (Å²) in [5.74, 6) is 0.0576. The van der Waals surface area contributed by atoms with Crippen LogP contribution in [0.1, 0.15) is 10.4 Å². The number of likely N-dealkylation sites (tertiary alicyclic amines) is 1. The number of fused-ring (bicyclic) bond motifs is 1. The fourth-order valence-corrected chi connectivity index (χ4v) is 3.35. The van der Waals surface area contributed by atoms with E-state index < -0.39 is 6.09 Å². The van der Waals surface area contributed by atoms with Gasteiger partial charge in [0.25, 0.3) is 5.91 Å². The normalized spacial score (nSPS) is 23.9. The number of benzene rings is 1. The summed E-state index contributed by atoms with van der Waals surface area (Å²) in [4.78, 5) is 32.8. The Balaban J connectivity index is 1.38. The van der Waals surface area contributed by atoms with Gasteiger partial charge in [-0.2, -0.15) is 0 Å². The number of hydrogen-bond donors (Lipinski definition) is 2. The summed E-state index contributed by atoms with van der Waals surface area (Å²) >= 11 is 0. The van der Waals surface area contributed by atoms with E-state index in [2.05, 4.69) is 15.3 Å². The lowest BCUT2D eigenvalue weighted by Crippen LogP contribution is -2.36. The van der Waals surface area contributed by atoms with Gasteiger partial charge in [-0.05, 0) is 12.1 Å². The van der Waals surface area contributed by atoms with Gasteiger partial charge in [-0.1, -0.05) is 12.1 Å². The quantitative estimate of drug-likeness (QED) is 0.884. The van der Waals surface area contributed by atoms with E-state index in [1.807, 2.05) is 0 Å². The van der Waals surface area contributed by atoms with Gasteiger partial charge in [-0.25, -0.2) is 19.2 Å². The molecule has 2 aromatic rings. The molecule has 2 N–H and O–H groups in total. The number of carboxylic acid groups (broad SMARTS) is 1. The molecule has 2 heterocycles. The third kappa shape index (κ3) is 2.90. The van der Waals surface area contributed by atoms with Crippen LogP contribution in [0.25, 0.3) is 11.4 Å². The van der Waals surface area contributed by atoms with E-state index in [9.17, 15) is 14.0 Å². The molecule has 1 aliphatic heterocycles. The van der Waals surface area contributed by atoms with E-state index in [1.54, 1.807) is 12.1 Å². The molecular weight excluding hydrogens is 327 g/mol. The second-order valence-corrected chi connectivity index (χ2v) is 6.32. The lowest BCUT2D eigenvalue weighted by Gasteiger charge is -2.16. The van der Waals surface area contributed by atoms with Crippen molar-refractivity contribution in [1.82, 2.24) is 20.2 Å². The fourth-order valence-electron chi connectivity index (χ4n) is 3.35. The van der Waals surface area contributed by atoms with E-state index in [0.717, 1.165) is 0 Å². The molecule has 128 valence electrons. The molecule has 1 saturated heterocycles. The fraction of sp³-hybridized carbons (Fsp3) is 0.294. The minimum absolute atomic E-state index is 0.00555. The van der Waals surface area contributed by atoms with E-state index in [1.165, 1.54) is 29.4 Å². The van der Waals surface area contributed by atoms with Crippen LogP contribution >= 0.6 is 0 Å². The summed E-state index contributed by atoms with van der Waals surface area (Å²) in [6.45, 7) is 0.917. The molecule has 1 unspecified atom stereocenters. The Hall–Kier alpha value is -3.03. The van der Waals surface area contributed by atoms with Crippen molar-refractivity contribution >= 4 is 12.0 Å². The molecule has 2 amide bonds. The highest BCUT2D eigenvalue weighted by Gasteiger charge is 2.57. The smallest absolute Gasteiger partial charge is 0.407 e. The number of halogens is 1. The maximum Gasteiger partial charge on any atom is 0.407 e. The van der Waals surface area contributed by atoms with Crippen molar-refractivity contribution in [3.8, 4) is 11.4 Å². The van der Waals surface area contributed by atoms with Crippen LogP contribution in [-0.4, -0.2) is 51.1 Å². The highest BCUT2D eigenvalue weighted by molar-refractivity contribution is 5.94. The Morgan fingerprint density at radius 1 is 1.20 bits per heavy atom. The Labute approximate surface area is 142 Å². The molecule has 1 aromatic heterocycles. The number of aromatic nitrogens is 2. The predicted molar refractivity (Wildman–Crippen MR) is 85.3 cm³/mol. The van der Waals surface area contributed by atoms with E-state index in [4.69, 9.17) is 5.11 Å². The average Bonchev–Trinajstić information content (AvgIpc) is 3.04. The van der Waals surface area contributed by atoms with Crippen molar-refractivity contribution in [2.75, 3.05) is 13.1 Å². The van der Waals surface area contributed by atoms with Gasteiger partial charge < -0.3 is 15.3 Å². The molecule has 0 spiro atoms. The lowest BCUT2D eigenvalue weighted by atomic mass is 10.2. The molecule has 1 aliphatic carbocycles. The van der Waals surface area contributed by atoms with Gasteiger partial charge in [0.1, 0.15) is 5.82 Å². The Morgan fingerprint density at radius 2 is 1.88 bits per heavy atom. The molecule has 7 nitrogen and oxygen atoms in total. The van der Waals surface area contributed by atoms with Gasteiger partial charge in [0.15, 0.2) is 5.82 Å². The zero-order valence-electron chi connectivity index (χ0n) is 13.1. The number of rotatable bonds is 3. The van der Waals surface area contributed by atoms with E-state index >= 15 is 0 Å². The summed E-state index contributed by atoms with van der Waals surface area (Å²) in [5, 5.41) is 11.8. The van der Waals surface area contributed by atoms with Crippen LogP contribution in [0.4, 0.5) is 9.18 Å². The number of nitrogens with one attached hydrogen (secondary N) is 1. The molecule has 25 heavy (non-hydrogen) atoms. The molecule has 8 heteroatoms. The number of carbonyl (C=O) groups excluding carboxylic acids is 1. The highest BCUT2D eigenvalue weighted by atomic mass is 19.1. The van der Waals surface area contributed by atoms with Crippen molar-refractivity contribution in [2.24, 2.45) is 11.8 Å². The minimum Gasteiger partial charge on any atom is -0.465 e. The molecule has 4 rings (SSSR count). The van der Waals surface area contributed by atoms with Crippen molar-refractivity contribution in [3.05, 3.63) is 48.0 Å². The summed E-state index contributed by atoms with van der Waals surface area (Å²) in [5.41, 5.74) is 0.859. The Morgan fingerprint density at radius 3 is 2.48 bits per heavy atom. The van der Waals surface area contributed by atoms with Crippen LogP contribution in [0.15, 0.2) is 36.7 Å². The largest absolute Gasteiger partial charge is 0.465 e. The highest BCUT2D eigenvalue weighted by Crippen LogP contribution is 2.45.